The normalized spacial score (nSPS) is 15.2. The van der Waals surface area contributed by atoms with Gasteiger partial charge in [0.1, 0.15) is 0 Å². The summed E-state index contributed by atoms with van der Waals surface area (Å²) in [5, 5.41) is 21.5. The first-order valence-corrected chi connectivity index (χ1v) is 7.15. The van der Waals surface area contributed by atoms with Gasteiger partial charge in [-0.05, 0) is 37.8 Å². The summed E-state index contributed by atoms with van der Waals surface area (Å²) in [6.07, 6.45) is 4.27. The molecule has 1 N–H and O–H groups in total. The monoisotopic (exact) mass is 270 g/mol. The molecule has 1 aromatic heterocycles. The lowest BCUT2D eigenvalue weighted by Gasteiger charge is -2.20. The van der Waals surface area contributed by atoms with Crippen molar-refractivity contribution < 1.29 is 10.0 Å². The Morgan fingerprint density at radius 1 is 1.50 bits per heavy atom. The van der Waals surface area contributed by atoms with Gasteiger partial charge in [-0.1, -0.05) is 11.3 Å². The highest BCUT2D eigenvalue weighted by molar-refractivity contribution is 7.13. The summed E-state index contributed by atoms with van der Waals surface area (Å²) >= 11 is 1.19. The molecule has 0 spiro atoms. The SMILES string of the molecule is O=[N+]([O-])c1cc(CN(CCCCO)C2CC2)cs1. The van der Waals surface area contributed by atoms with Crippen LogP contribution in [0.4, 0.5) is 5.00 Å². The van der Waals surface area contributed by atoms with Crippen molar-refractivity contribution in [3.63, 3.8) is 0 Å². The molecule has 1 aromatic rings. The number of thiophene rings is 1. The van der Waals surface area contributed by atoms with Crippen LogP contribution in [0, 0.1) is 10.1 Å². The molecule has 0 amide bonds. The van der Waals surface area contributed by atoms with Crippen LogP contribution in [0.15, 0.2) is 11.4 Å². The molecule has 0 radical (unpaired) electrons. The second kappa shape index (κ2) is 6.26. The molecular formula is C12H18N2O3S. The van der Waals surface area contributed by atoms with Gasteiger partial charge < -0.3 is 5.11 Å². The average Bonchev–Trinajstić information content (AvgIpc) is 3.08. The number of aliphatic hydroxyl groups excluding tert-OH is 1. The summed E-state index contributed by atoms with van der Waals surface area (Å²) < 4.78 is 0. The third-order valence-electron chi connectivity index (χ3n) is 3.12. The lowest BCUT2D eigenvalue weighted by atomic mass is 10.2. The van der Waals surface area contributed by atoms with E-state index in [0.717, 1.165) is 31.5 Å². The Hall–Kier alpha value is -0.980. The van der Waals surface area contributed by atoms with Gasteiger partial charge in [0.25, 0.3) is 0 Å². The maximum Gasteiger partial charge on any atom is 0.324 e. The van der Waals surface area contributed by atoms with Crippen molar-refractivity contribution in [1.82, 2.24) is 4.90 Å². The van der Waals surface area contributed by atoms with E-state index < -0.39 is 0 Å². The molecule has 1 fully saturated rings. The molecule has 0 atom stereocenters. The molecule has 2 rings (SSSR count). The van der Waals surface area contributed by atoms with Crippen molar-refractivity contribution in [2.45, 2.75) is 38.3 Å². The van der Waals surface area contributed by atoms with E-state index in [2.05, 4.69) is 4.90 Å². The fourth-order valence-electron chi connectivity index (χ4n) is 2.03. The number of aliphatic hydroxyl groups is 1. The van der Waals surface area contributed by atoms with E-state index in [1.54, 1.807) is 6.07 Å². The Bertz CT molecular complexity index is 404. The van der Waals surface area contributed by atoms with Gasteiger partial charge in [0.05, 0.1) is 4.92 Å². The Labute approximate surface area is 110 Å². The maximum atomic E-state index is 10.6. The second-order valence-corrected chi connectivity index (χ2v) is 5.57. The predicted octanol–water partition coefficient (Wildman–Crippen LogP) is 2.39. The summed E-state index contributed by atoms with van der Waals surface area (Å²) in [5.74, 6) is 0. The van der Waals surface area contributed by atoms with Crippen LogP contribution in [0.25, 0.3) is 0 Å². The summed E-state index contributed by atoms with van der Waals surface area (Å²) in [6.45, 7) is 2.00. The van der Waals surface area contributed by atoms with Gasteiger partial charge in [0, 0.05) is 30.6 Å². The molecule has 18 heavy (non-hydrogen) atoms. The molecule has 0 aromatic carbocycles. The molecule has 5 nitrogen and oxygen atoms in total. The zero-order valence-electron chi connectivity index (χ0n) is 10.2. The Balaban J connectivity index is 1.88. The fourth-order valence-corrected chi connectivity index (χ4v) is 2.75. The van der Waals surface area contributed by atoms with Crippen molar-refractivity contribution in [1.29, 1.82) is 0 Å². The highest BCUT2D eigenvalue weighted by Crippen LogP contribution is 2.30. The minimum absolute atomic E-state index is 0.219. The minimum Gasteiger partial charge on any atom is -0.396 e. The zero-order valence-corrected chi connectivity index (χ0v) is 11.1. The third kappa shape index (κ3) is 3.76. The smallest absolute Gasteiger partial charge is 0.324 e. The van der Waals surface area contributed by atoms with Crippen molar-refractivity contribution >= 4 is 16.3 Å². The minimum atomic E-state index is -0.332. The van der Waals surface area contributed by atoms with Gasteiger partial charge in [-0.25, -0.2) is 0 Å². The topological polar surface area (TPSA) is 66.6 Å². The molecule has 0 bridgehead atoms. The van der Waals surface area contributed by atoms with Gasteiger partial charge in [0.15, 0.2) is 0 Å². The highest BCUT2D eigenvalue weighted by atomic mass is 32.1. The van der Waals surface area contributed by atoms with Crippen molar-refractivity contribution in [2.24, 2.45) is 0 Å². The number of rotatable bonds is 8. The van der Waals surface area contributed by atoms with Crippen LogP contribution in [-0.4, -0.2) is 34.1 Å². The van der Waals surface area contributed by atoms with Crippen LogP contribution in [-0.2, 0) is 6.54 Å². The van der Waals surface area contributed by atoms with Crippen LogP contribution in [0.3, 0.4) is 0 Å². The Kier molecular flexibility index (Phi) is 4.68. The molecule has 0 unspecified atom stereocenters. The summed E-state index contributed by atoms with van der Waals surface area (Å²) in [7, 11) is 0. The van der Waals surface area contributed by atoms with E-state index in [4.69, 9.17) is 5.11 Å². The molecule has 0 aliphatic heterocycles. The van der Waals surface area contributed by atoms with E-state index in [-0.39, 0.29) is 16.5 Å². The first kappa shape index (κ1) is 13.5. The lowest BCUT2D eigenvalue weighted by molar-refractivity contribution is -0.380. The van der Waals surface area contributed by atoms with Gasteiger partial charge in [0.2, 0.25) is 0 Å². The van der Waals surface area contributed by atoms with E-state index in [9.17, 15) is 10.1 Å². The van der Waals surface area contributed by atoms with Crippen LogP contribution < -0.4 is 0 Å². The first-order valence-electron chi connectivity index (χ1n) is 6.27. The van der Waals surface area contributed by atoms with Crippen molar-refractivity contribution in [2.75, 3.05) is 13.2 Å². The molecule has 6 heteroatoms. The van der Waals surface area contributed by atoms with Crippen LogP contribution >= 0.6 is 11.3 Å². The summed E-state index contributed by atoms with van der Waals surface area (Å²) in [5.41, 5.74) is 1.03. The molecule has 1 aliphatic carbocycles. The Morgan fingerprint density at radius 2 is 2.28 bits per heavy atom. The molecule has 100 valence electrons. The third-order valence-corrected chi connectivity index (χ3v) is 4.05. The first-order chi connectivity index (χ1) is 8.70. The largest absolute Gasteiger partial charge is 0.396 e. The highest BCUT2D eigenvalue weighted by Gasteiger charge is 2.28. The van der Waals surface area contributed by atoms with Gasteiger partial charge in [-0.3, -0.25) is 15.0 Å². The lowest BCUT2D eigenvalue weighted by Crippen LogP contribution is -2.26. The number of hydrogen-bond donors (Lipinski definition) is 1. The van der Waals surface area contributed by atoms with Crippen LogP contribution in [0.5, 0.6) is 0 Å². The Morgan fingerprint density at radius 3 is 2.83 bits per heavy atom. The quantitative estimate of drug-likeness (QED) is 0.447. The second-order valence-electron chi connectivity index (χ2n) is 4.68. The van der Waals surface area contributed by atoms with Gasteiger partial charge >= 0.3 is 5.00 Å². The van der Waals surface area contributed by atoms with E-state index in [1.807, 2.05) is 5.38 Å². The fraction of sp³-hybridized carbons (Fsp3) is 0.667. The maximum absolute atomic E-state index is 10.6. The van der Waals surface area contributed by atoms with Crippen molar-refractivity contribution in [3.05, 3.63) is 27.1 Å². The van der Waals surface area contributed by atoms with Crippen LogP contribution in [0.1, 0.15) is 31.2 Å². The predicted molar refractivity (Wildman–Crippen MR) is 70.7 cm³/mol. The molecule has 1 saturated carbocycles. The molecule has 1 aliphatic rings. The number of unbranched alkanes of at least 4 members (excludes halogenated alkanes) is 1. The number of nitro groups is 1. The summed E-state index contributed by atoms with van der Waals surface area (Å²) in [6, 6.07) is 2.31. The van der Waals surface area contributed by atoms with Gasteiger partial charge in [-0.15, -0.1) is 0 Å². The average molecular weight is 270 g/mol. The number of nitrogens with zero attached hydrogens (tertiary/aromatic N) is 2. The zero-order chi connectivity index (χ0) is 13.0. The summed E-state index contributed by atoms with van der Waals surface area (Å²) in [4.78, 5) is 12.7. The van der Waals surface area contributed by atoms with Crippen molar-refractivity contribution in [3.8, 4) is 0 Å². The standard InChI is InChI=1S/C12H18N2O3S/c15-6-2-1-5-13(11-3-4-11)8-10-7-12(14(16)17)18-9-10/h7,9,11,15H,1-6,8H2. The molecular weight excluding hydrogens is 252 g/mol. The molecule has 1 heterocycles. The van der Waals surface area contributed by atoms with E-state index >= 15 is 0 Å². The molecule has 0 saturated heterocycles. The van der Waals surface area contributed by atoms with E-state index in [1.165, 1.54) is 24.2 Å². The van der Waals surface area contributed by atoms with Gasteiger partial charge in [-0.2, -0.15) is 0 Å². The number of hydrogen-bond acceptors (Lipinski definition) is 5. The van der Waals surface area contributed by atoms with Crippen LogP contribution in [0.2, 0.25) is 0 Å². The van der Waals surface area contributed by atoms with E-state index in [0.29, 0.717) is 6.04 Å².